The minimum absolute atomic E-state index is 0.260. The lowest BCUT2D eigenvalue weighted by Gasteiger charge is -2.09. The van der Waals surface area contributed by atoms with Crippen LogP contribution in [0.2, 0.25) is 0 Å². The van der Waals surface area contributed by atoms with Gasteiger partial charge < -0.3 is 14.8 Å². The zero-order chi connectivity index (χ0) is 18.9. The highest BCUT2D eigenvalue weighted by Crippen LogP contribution is 2.11. The quantitative estimate of drug-likeness (QED) is 0.771. The van der Waals surface area contributed by atoms with Crippen molar-refractivity contribution in [1.29, 1.82) is 0 Å². The molecule has 0 atom stereocenters. The summed E-state index contributed by atoms with van der Waals surface area (Å²) in [6.07, 6.45) is 0. The monoisotopic (exact) mass is 355 g/mol. The first-order valence-corrected chi connectivity index (χ1v) is 8.25. The molecule has 0 aliphatic heterocycles. The third kappa shape index (κ3) is 6.05. The van der Waals surface area contributed by atoms with Crippen LogP contribution in [0.1, 0.15) is 34.6 Å². The molecule has 6 nitrogen and oxygen atoms in total. The molecule has 0 aliphatic rings. The van der Waals surface area contributed by atoms with E-state index in [4.69, 9.17) is 9.47 Å². The Morgan fingerprint density at radius 2 is 1.42 bits per heavy atom. The van der Waals surface area contributed by atoms with E-state index >= 15 is 0 Å². The van der Waals surface area contributed by atoms with Gasteiger partial charge >= 0.3 is 11.9 Å². The van der Waals surface area contributed by atoms with Gasteiger partial charge in [-0.05, 0) is 42.3 Å². The van der Waals surface area contributed by atoms with Gasteiger partial charge in [-0.3, -0.25) is 4.79 Å². The Balaban J connectivity index is 1.82. The van der Waals surface area contributed by atoms with Crippen molar-refractivity contribution in [2.75, 3.05) is 18.5 Å². The van der Waals surface area contributed by atoms with Crippen LogP contribution in [-0.4, -0.2) is 31.1 Å². The van der Waals surface area contributed by atoms with Crippen LogP contribution in [-0.2, 0) is 14.3 Å². The van der Waals surface area contributed by atoms with E-state index in [9.17, 15) is 14.4 Å². The fourth-order valence-corrected chi connectivity index (χ4v) is 2.00. The summed E-state index contributed by atoms with van der Waals surface area (Å²) in [7, 11) is 0. The molecule has 2 aromatic carbocycles. The minimum Gasteiger partial charge on any atom is -0.462 e. The molecule has 0 bridgehead atoms. The maximum absolute atomic E-state index is 11.9. The van der Waals surface area contributed by atoms with Gasteiger partial charge in [-0.15, -0.1) is 0 Å². The Hall–Kier alpha value is -3.15. The number of rotatable bonds is 7. The first kappa shape index (κ1) is 19.2. The van der Waals surface area contributed by atoms with Crippen LogP contribution in [0.3, 0.4) is 0 Å². The van der Waals surface area contributed by atoms with E-state index in [0.29, 0.717) is 23.4 Å². The number of nitrogens with one attached hydrogen (secondary N) is 1. The number of anilines is 1. The van der Waals surface area contributed by atoms with Crippen LogP contribution >= 0.6 is 0 Å². The second-order valence-corrected chi connectivity index (χ2v) is 6.06. The standard InChI is InChI=1S/C20H21NO5/c1-14(2)12-25-20(24)16-8-10-17(11-9-16)21-18(22)13-26-19(23)15-6-4-3-5-7-15/h3-11,14H,12-13H2,1-2H3,(H,21,22). The van der Waals surface area contributed by atoms with E-state index < -0.39 is 24.5 Å². The highest BCUT2D eigenvalue weighted by atomic mass is 16.5. The summed E-state index contributed by atoms with van der Waals surface area (Å²) in [6, 6.07) is 14.7. The largest absolute Gasteiger partial charge is 0.462 e. The lowest BCUT2D eigenvalue weighted by molar-refractivity contribution is -0.119. The Labute approximate surface area is 152 Å². The van der Waals surface area contributed by atoms with Gasteiger partial charge in [-0.25, -0.2) is 9.59 Å². The van der Waals surface area contributed by atoms with Crippen molar-refractivity contribution < 1.29 is 23.9 Å². The Morgan fingerprint density at radius 3 is 2.04 bits per heavy atom. The smallest absolute Gasteiger partial charge is 0.338 e. The van der Waals surface area contributed by atoms with E-state index in [1.54, 1.807) is 54.6 Å². The molecule has 0 spiro atoms. The molecule has 136 valence electrons. The highest BCUT2D eigenvalue weighted by molar-refractivity contribution is 5.96. The molecule has 1 N–H and O–H groups in total. The van der Waals surface area contributed by atoms with E-state index in [0.717, 1.165) is 0 Å². The summed E-state index contributed by atoms with van der Waals surface area (Å²) in [6.45, 7) is 3.86. The van der Waals surface area contributed by atoms with E-state index in [-0.39, 0.29) is 5.92 Å². The fourth-order valence-electron chi connectivity index (χ4n) is 2.00. The predicted molar refractivity (Wildman–Crippen MR) is 96.9 cm³/mol. The Bertz CT molecular complexity index is 754. The number of hydrogen-bond donors (Lipinski definition) is 1. The van der Waals surface area contributed by atoms with Crippen molar-refractivity contribution in [3.63, 3.8) is 0 Å². The summed E-state index contributed by atoms with van der Waals surface area (Å²) < 4.78 is 10.1. The van der Waals surface area contributed by atoms with E-state index in [1.807, 2.05) is 13.8 Å². The first-order chi connectivity index (χ1) is 12.5. The average Bonchev–Trinajstić information content (AvgIpc) is 2.65. The molecule has 0 saturated carbocycles. The summed E-state index contributed by atoms with van der Waals surface area (Å²) in [4.78, 5) is 35.5. The van der Waals surface area contributed by atoms with Crippen LogP contribution in [0.15, 0.2) is 54.6 Å². The molecule has 0 radical (unpaired) electrons. The molecular weight excluding hydrogens is 334 g/mol. The highest BCUT2D eigenvalue weighted by Gasteiger charge is 2.11. The zero-order valence-corrected chi connectivity index (χ0v) is 14.7. The normalized spacial score (nSPS) is 10.3. The maximum Gasteiger partial charge on any atom is 0.338 e. The Kier molecular flexibility index (Phi) is 6.91. The zero-order valence-electron chi connectivity index (χ0n) is 14.7. The summed E-state index contributed by atoms with van der Waals surface area (Å²) >= 11 is 0. The Morgan fingerprint density at radius 1 is 0.846 bits per heavy atom. The average molecular weight is 355 g/mol. The summed E-state index contributed by atoms with van der Waals surface area (Å²) in [5.41, 5.74) is 1.27. The molecule has 0 aromatic heterocycles. The third-order valence-electron chi connectivity index (χ3n) is 3.30. The minimum atomic E-state index is -0.566. The number of hydrogen-bond acceptors (Lipinski definition) is 5. The molecular formula is C20H21NO5. The number of benzene rings is 2. The van der Waals surface area contributed by atoms with Crippen molar-refractivity contribution in [2.24, 2.45) is 5.92 Å². The van der Waals surface area contributed by atoms with Crippen LogP contribution in [0.25, 0.3) is 0 Å². The van der Waals surface area contributed by atoms with Gasteiger partial charge in [0.25, 0.3) is 5.91 Å². The van der Waals surface area contributed by atoms with Gasteiger partial charge in [0.2, 0.25) is 0 Å². The van der Waals surface area contributed by atoms with Crippen molar-refractivity contribution in [2.45, 2.75) is 13.8 Å². The number of esters is 2. The predicted octanol–water partition coefficient (Wildman–Crippen LogP) is 3.29. The molecule has 0 saturated heterocycles. The van der Waals surface area contributed by atoms with Crippen LogP contribution in [0, 0.1) is 5.92 Å². The van der Waals surface area contributed by atoms with E-state index in [2.05, 4.69) is 5.32 Å². The molecule has 2 aromatic rings. The van der Waals surface area contributed by atoms with Gasteiger partial charge in [0.15, 0.2) is 6.61 Å². The molecule has 0 unspecified atom stereocenters. The summed E-state index contributed by atoms with van der Waals surface area (Å²) in [5, 5.41) is 2.60. The fraction of sp³-hybridized carbons (Fsp3) is 0.250. The molecule has 1 amide bonds. The van der Waals surface area contributed by atoms with Crippen molar-refractivity contribution >= 4 is 23.5 Å². The molecule has 26 heavy (non-hydrogen) atoms. The number of ether oxygens (including phenoxy) is 2. The van der Waals surface area contributed by atoms with Gasteiger partial charge in [0, 0.05) is 5.69 Å². The molecule has 0 fully saturated rings. The van der Waals surface area contributed by atoms with Gasteiger partial charge in [-0.2, -0.15) is 0 Å². The number of carbonyl (C=O) groups excluding carboxylic acids is 3. The second-order valence-electron chi connectivity index (χ2n) is 6.06. The SMILES string of the molecule is CC(C)COC(=O)c1ccc(NC(=O)COC(=O)c2ccccc2)cc1. The summed E-state index contributed by atoms with van der Waals surface area (Å²) in [5.74, 6) is -1.18. The van der Waals surface area contributed by atoms with Gasteiger partial charge in [0.05, 0.1) is 17.7 Å². The van der Waals surface area contributed by atoms with Crippen LogP contribution in [0.5, 0.6) is 0 Å². The molecule has 0 aliphatic carbocycles. The molecule has 2 rings (SSSR count). The van der Waals surface area contributed by atoms with Gasteiger partial charge in [-0.1, -0.05) is 32.0 Å². The maximum atomic E-state index is 11.9. The van der Waals surface area contributed by atoms with Crippen LogP contribution < -0.4 is 5.32 Å². The van der Waals surface area contributed by atoms with Crippen LogP contribution in [0.4, 0.5) is 5.69 Å². The van der Waals surface area contributed by atoms with Crippen molar-refractivity contribution in [3.05, 3.63) is 65.7 Å². The topological polar surface area (TPSA) is 81.7 Å². The lowest BCUT2D eigenvalue weighted by atomic mass is 10.2. The second kappa shape index (κ2) is 9.36. The first-order valence-electron chi connectivity index (χ1n) is 8.25. The van der Waals surface area contributed by atoms with Gasteiger partial charge in [0.1, 0.15) is 0 Å². The number of carbonyl (C=O) groups is 3. The van der Waals surface area contributed by atoms with Crippen molar-refractivity contribution in [3.8, 4) is 0 Å². The molecule has 6 heteroatoms. The lowest BCUT2D eigenvalue weighted by Crippen LogP contribution is -2.21. The third-order valence-corrected chi connectivity index (χ3v) is 3.30. The molecule has 0 heterocycles. The van der Waals surface area contributed by atoms with E-state index in [1.165, 1.54) is 0 Å². The van der Waals surface area contributed by atoms with Crippen molar-refractivity contribution in [1.82, 2.24) is 0 Å². The number of amides is 1.